The van der Waals surface area contributed by atoms with Crippen LogP contribution in [0.4, 0.5) is 0 Å². The highest BCUT2D eigenvalue weighted by atomic mass is 16.6. The summed E-state index contributed by atoms with van der Waals surface area (Å²) in [5, 5.41) is 9.08. The molecule has 0 amide bonds. The summed E-state index contributed by atoms with van der Waals surface area (Å²) in [5.41, 5.74) is 1.11. The first kappa shape index (κ1) is 14.1. The third kappa shape index (κ3) is 4.83. The minimum absolute atomic E-state index is 0.0797. The van der Waals surface area contributed by atoms with E-state index in [1.807, 2.05) is 30.3 Å². The van der Waals surface area contributed by atoms with E-state index in [9.17, 15) is 0 Å². The fourth-order valence-electron chi connectivity index (χ4n) is 1.54. The zero-order valence-corrected chi connectivity index (χ0v) is 10.3. The number of aliphatic hydroxyl groups excluding tert-OH is 1. The van der Waals surface area contributed by atoms with Crippen LogP contribution in [0, 0.1) is 0 Å². The van der Waals surface area contributed by atoms with Crippen LogP contribution >= 0.6 is 0 Å². The van der Waals surface area contributed by atoms with E-state index in [1.165, 1.54) is 0 Å². The zero-order chi connectivity index (χ0) is 12.5. The van der Waals surface area contributed by atoms with Gasteiger partial charge in [0.25, 0.3) is 0 Å². The summed E-state index contributed by atoms with van der Waals surface area (Å²) in [4.78, 5) is 0. The monoisotopic (exact) mass is 240 g/mol. The lowest BCUT2D eigenvalue weighted by Crippen LogP contribution is -2.36. The molecule has 4 nitrogen and oxygen atoms in total. The van der Waals surface area contributed by atoms with Crippen LogP contribution in [0.25, 0.3) is 0 Å². The Hall–Kier alpha value is -0.940. The molecule has 0 aromatic heterocycles. The van der Waals surface area contributed by atoms with Crippen LogP contribution in [-0.4, -0.2) is 44.7 Å². The molecule has 0 aliphatic carbocycles. The number of hydrogen-bond donors (Lipinski definition) is 1. The van der Waals surface area contributed by atoms with Crippen LogP contribution in [0.5, 0.6) is 0 Å². The summed E-state index contributed by atoms with van der Waals surface area (Å²) >= 11 is 0. The van der Waals surface area contributed by atoms with E-state index < -0.39 is 0 Å². The van der Waals surface area contributed by atoms with Crippen LogP contribution < -0.4 is 0 Å². The van der Waals surface area contributed by atoms with E-state index >= 15 is 0 Å². The predicted octanol–water partition coefficient (Wildman–Crippen LogP) is 1.23. The Morgan fingerprint density at radius 3 is 2.24 bits per heavy atom. The molecule has 0 heterocycles. The van der Waals surface area contributed by atoms with Crippen LogP contribution in [0.15, 0.2) is 30.3 Å². The summed E-state index contributed by atoms with van der Waals surface area (Å²) in [6, 6.07) is 9.91. The molecule has 2 atom stereocenters. The van der Waals surface area contributed by atoms with Gasteiger partial charge in [0.15, 0.2) is 0 Å². The topological polar surface area (TPSA) is 47.9 Å². The van der Waals surface area contributed by atoms with Gasteiger partial charge in [-0.1, -0.05) is 30.3 Å². The van der Waals surface area contributed by atoms with Crippen molar-refractivity contribution in [3.63, 3.8) is 0 Å². The summed E-state index contributed by atoms with van der Waals surface area (Å²) in [7, 11) is 3.13. The fraction of sp³-hybridized carbons (Fsp3) is 0.538. The van der Waals surface area contributed by atoms with Gasteiger partial charge in [-0.3, -0.25) is 0 Å². The lowest BCUT2D eigenvalue weighted by molar-refractivity contribution is -0.0941. The number of methoxy groups -OCH3 is 2. The van der Waals surface area contributed by atoms with Crippen LogP contribution in [0.3, 0.4) is 0 Å². The number of rotatable bonds is 8. The van der Waals surface area contributed by atoms with Crippen LogP contribution in [0.1, 0.15) is 5.56 Å². The summed E-state index contributed by atoms with van der Waals surface area (Å²) in [5.74, 6) is 0. The smallest absolute Gasteiger partial charge is 0.109 e. The third-order valence-electron chi connectivity index (χ3n) is 2.59. The van der Waals surface area contributed by atoms with Gasteiger partial charge < -0.3 is 19.3 Å². The molecule has 0 saturated carbocycles. The average Bonchev–Trinajstić information content (AvgIpc) is 2.39. The first-order chi connectivity index (χ1) is 8.31. The summed E-state index contributed by atoms with van der Waals surface area (Å²) in [6.45, 7) is 0.844. The molecule has 0 spiro atoms. The van der Waals surface area contributed by atoms with Gasteiger partial charge in [0.05, 0.1) is 19.8 Å². The largest absolute Gasteiger partial charge is 0.394 e. The Morgan fingerprint density at radius 1 is 1.06 bits per heavy atom. The number of benzene rings is 1. The number of hydrogen-bond acceptors (Lipinski definition) is 4. The minimum atomic E-state index is -0.351. The molecule has 4 heteroatoms. The van der Waals surface area contributed by atoms with E-state index in [4.69, 9.17) is 19.3 Å². The Kier molecular flexibility index (Phi) is 6.81. The Labute approximate surface area is 102 Å². The summed E-state index contributed by atoms with van der Waals surface area (Å²) < 4.78 is 15.9. The van der Waals surface area contributed by atoms with Gasteiger partial charge in [-0.15, -0.1) is 0 Å². The van der Waals surface area contributed by atoms with Crippen molar-refractivity contribution in [1.82, 2.24) is 0 Å². The molecule has 17 heavy (non-hydrogen) atoms. The molecule has 0 fully saturated rings. The predicted molar refractivity (Wildman–Crippen MR) is 64.8 cm³/mol. The van der Waals surface area contributed by atoms with Gasteiger partial charge in [0.1, 0.15) is 12.2 Å². The molecule has 1 N–H and O–H groups in total. The maximum atomic E-state index is 9.08. The van der Waals surface area contributed by atoms with E-state index in [2.05, 4.69) is 0 Å². The molecular formula is C13H20O4. The van der Waals surface area contributed by atoms with Crippen molar-refractivity contribution >= 4 is 0 Å². The Bertz CT molecular complexity index is 285. The van der Waals surface area contributed by atoms with Gasteiger partial charge >= 0.3 is 0 Å². The normalized spacial score (nSPS) is 14.5. The van der Waals surface area contributed by atoms with Gasteiger partial charge in [-0.05, 0) is 5.56 Å². The van der Waals surface area contributed by atoms with Gasteiger partial charge in [-0.2, -0.15) is 0 Å². The second-order valence-electron chi connectivity index (χ2n) is 3.73. The second-order valence-corrected chi connectivity index (χ2v) is 3.73. The van der Waals surface area contributed by atoms with Crippen molar-refractivity contribution < 1.29 is 19.3 Å². The maximum absolute atomic E-state index is 9.08. The number of aliphatic hydroxyl groups is 1. The van der Waals surface area contributed by atoms with Crippen molar-refractivity contribution in [3.05, 3.63) is 35.9 Å². The molecular weight excluding hydrogens is 220 g/mol. The molecule has 0 saturated heterocycles. The lowest BCUT2D eigenvalue weighted by atomic mass is 10.2. The second kappa shape index (κ2) is 8.20. The lowest BCUT2D eigenvalue weighted by Gasteiger charge is -2.22. The zero-order valence-electron chi connectivity index (χ0n) is 10.3. The van der Waals surface area contributed by atoms with Crippen molar-refractivity contribution in [2.24, 2.45) is 0 Å². The highest BCUT2D eigenvalue weighted by Crippen LogP contribution is 2.06. The highest BCUT2D eigenvalue weighted by molar-refractivity contribution is 5.13. The Balaban J connectivity index is 2.33. The van der Waals surface area contributed by atoms with E-state index in [-0.39, 0.29) is 18.8 Å². The average molecular weight is 240 g/mol. The van der Waals surface area contributed by atoms with Crippen molar-refractivity contribution in [2.75, 3.05) is 27.4 Å². The molecule has 1 aromatic carbocycles. The van der Waals surface area contributed by atoms with Crippen molar-refractivity contribution in [3.8, 4) is 0 Å². The van der Waals surface area contributed by atoms with E-state index in [0.29, 0.717) is 13.2 Å². The highest BCUT2D eigenvalue weighted by Gasteiger charge is 2.20. The number of ether oxygens (including phenoxy) is 3. The van der Waals surface area contributed by atoms with Gasteiger partial charge in [0, 0.05) is 14.2 Å². The van der Waals surface area contributed by atoms with E-state index in [1.54, 1.807) is 14.2 Å². The molecule has 0 unspecified atom stereocenters. The summed E-state index contributed by atoms with van der Waals surface area (Å²) in [6.07, 6.45) is -0.607. The molecule has 0 aliphatic heterocycles. The van der Waals surface area contributed by atoms with Crippen molar-refractivity contribution in [2.45, 2.75) is 18.8 Å². The molecule has 0 aliphatic rings. The maximum Gasteiger partial charge on any atom is 0.109 e. The quantitative estimate of drug-likeness (QED) is 0.742. The van der Waals surface area contributed by atoms with Gasteiger partial charge in [0.2, 0.25) is 0 Å². The SMILES string of the molecule is CO[C@@H](CO)[C@H](COCc1ccccc1)OC. The first-order valence-corrected chi connectivity index (χ1v) is 5.60. The minimum Gasteiger partial charge on any atom is -0.394 e. The van der Waals surface area contributed by atoms with Crippen molar-refractivity contribution in [1.29, 1.82) is 0 Å². The van der Waals surface area contributed by atoms with Crippen LogP contribution in [-0.2, 0) is 20.8 Å². The van der Waals surface area contributed by atoms with Gasteiger partial charge in [-0.25, -0.2) is 0 Å². The van der Waals surface area contributed by atoms with E-state index in [0.717, 1.165) is 5.56 Å². The molecule has 0 bridgehead atoms. The Morgan fingerprint density at radius 2 is 1.71 bits per heavy atom. The fourth-order valence-corrected chi connectivity index (χ4v) is 1.54. The first-order valence-electron chi connectivity index (χ1n) is 5.60. The third-order valence-corrected chi connectivity index (χ3v) is 2.59. The molecule has 96 valence electrons. The molecule has 0 radical (unpaired) electrons. The molecule has 1 rings (SSSR count). The molecule has 1 aromatic rings. The standard InChI is InChI=1S/C13H20O4/c1-15-12(8-14)13(16-2)10-17-9-11-6-4-3-5-7-11/h3-7,12-14H,8-10H2,1-2H3/t12-,13-/m0/s1. The van der Waals surface area contributed by atoms with Crippen LogP contribution in [0.2, 0.25) is 0 Å².